The standard InChI is InChI=1S/C9H12F3NS/c10-9(11,12)4-2-5-13-7-8-3-1-6-14-8/h1,3,6,13H,2,4-5,7H2. The van der Waals surface area contributed by atoms with Crippen LogP contribution < -0.4 is 5.32 Å². The summed E-state index contributed by atoms with van der Waals surface area (Å²) in [5, 5.41) is 4.92. The molecule has 0 saturated heterocycles. The number of hydrogen-bond acceptors (Lipinski definition) is 2. The summed E-state index contributed by atoms with van der Waals surface area (Å²) in [5.41, 5.74) is 0. The van der Waals surface area contributed by atoms with Crippen LogP contribution in [0.5, 0.6) is 0 Å². The molecule has 1 aromatic heterocycles. The minimum absolute atomic E-state index is 0.148. The van der Waals surface area contributed by atoms with Crippen molar-refractivity contribution < 1.29 is 13.2 Å². The molecule has 1 N–H and O–H groups in total. The molecule has 1 heterocycles. The Bertz CT molecular complexity index is 243. The molecule has 0 aromatic carbocycles. The lowest BCUT2D eigenvalue weighted by Crippen LogP contribution is -2.17. The van der Waals surface area contributed by atoms with E-state index in [4.69, 9.17) is 0 Å². The molecule has 5 heteroatoms. The summed E-state index contributed by atoms with van der Waals surface area (Å²) in [5.74, 6) is 0. The second-order valence-electron chi connectivity index (χ2n) is 2.97. The van der Waals surface area contributed by atoms with Crippen LogP contribution in [0.15, 0.2) is 17.5 Å². The Labute approximate surface area is 84.9 Å². The minimum Gasteiger partial charge on any atom is -0.312 e. The van der Waals surface area contributed by atoms with E-state index in [1.165, 1.54) is 0 Å². The Morgan fingerprint density at radius 3 is 2.71 bits per heavy atom. The van der Waals surface area contributed by atoms with Crippen molar-refractivity contribution in [3.05, 3.63) is 22.4 Å². The van der Waals surface area contributed by atoms with Gasteiger partial charge in [0.2, 0.25) is 0 Å². The van der Waals surface area contributed by atoms with Crippen molar-refractivity contribution in [1.29, 1.82) is 0 Å². The van der Waals surface area contributed by atoms with Gasteiger partial charge in [0.05, 0.1) is 0 Å². The van der Waals surface area contributed by atoms with Crippen molar-refractivity contribution >= 4 is 11.3 Å². The van der Waals surface area contributed by atoms with Gasteiger partial charge in [0, 0.05) is 17.8 Å². The second kappa shape index (κ2) is 5.36. The fourth-order valence-corrected chi connectivity index (χ4v) is 1.71. The molecule has 0 spiro atoms. The maximum atomic E-state index is 11.7. The van der Waals surface area contributed by atoms with E-state index in [0.717, 1.165) is 4.88 Å². The van der Waals surface area contributed by atoms with E-state index in [1.54, 1.807) is 11.3 Å². The van der Waals surface area contributed by atoms with Crippen molar-refractivity contribution in [3.63, 3.8) is 0 Å². The molecule has 1 rings (SSSR count). The molecule has 0 radical (unpaired) electrons. The lowest BCUT2D eigenvalue weighted by Gasteiger charge is -2.06. The molecule has 0 saturated carbocycles. The molecular formula is C9H12F3NS. The van der Waals surface area contributed by atoms with Crippen LogP contribution in [-0.4, -0.2) is 12.7 Å². The maximum absolute atomic E-state index is 11.7. The first kappa shape index (κ1) is 11.5. The quantitative estimate of drug-likeness (QED) is 0.756. The van der Waals surface area contributed by atoms with Gasteiger partial charge >= 0.3 is 6.18 Å². The molecule has 0 aliphatic rings. The smallest absolute Gasteiger partial charge is 0.312 e. The number of hydrogen-bond donors (Lipinski definition) is 1. The summed E-state index contributed by atoms with van der Waals surface area (Å²) in [6.45, 7) is 1.08. The fourth-order valence-electron chi connectivity index (χ4n) is 1.04. The highest BCUT2D eigenvalue weighted by molar-refractivity contribution is 7.09. The first-order valence-corrected chi connectivity index (χ1v) is 5.26. The van der Waals surface area contributed by atoms with E-state index in [1.807, 2.05) is 17.5 Å². The van der Waals surface area contributed by atoms with Gasteiger partial charge < -0.3 is 5.32 Å². The molecule has 0 fully saturated rings. The predicted octanol–water partition coefficient (Wildman–Crippen LogP) is 3.18. The summed E-state index contributed by atoms with van der Waals surface area (Å²) in [7, 11) is 0. The largest absolute Gasteiger partial charge is 0.389 e. The van der Waals surface area contributed by atoms with Crippen LogP contribution in [0.3, 0.4) is 0 Å². The molecule has 80 valence electrons. The highest BCUT2D eigenvalue weighted by Crippen LogP contribution is 2.20. The summed E-state index contributed by atoms with van der Waals surface area (Å²) in [6.07, 6.45) is -4.58. The van der Waals surface area contributed by atoms with E-state index in [0.29, 0.717) is 13.1 Å². The first-order valence-electron chi connectivity index (χ1n) is 4.38. The molecule has 0 aliphatic carbocycles. The van der Waals surface area contributed by atoms with Gasteiger partial charge in [-0.25, -0.2) is 0 Å². The maximum Gasteiger partial charge on any atom is 0.389 e. The van der Waals surface area contributed by atoms with E-state index >= 15 is 0 Å². The van der Waals surface area contributed by atoms with Gasteiger partial charge in [-0.2, -0.15) is 13.2 Å². The van der Waals surface area contributed by atoms with E-state index in [2.05, 4.69) is 5.32 Å². The predicted molar refractivity (Wildman–Crippen MR) is 51.3 cm³/mol. The van der Waals surface area contributed by atoms with E-state index in [-0.39, 0.29) is 6.42 Å². The molecule has 0 amide bonds. The third-order valence-corrected chi connectivity index (χ3v) is 2.57. The number of thiophene rings is 1. The van der Waals surface area contributed by atoms with E-state index < -0.39 is 12.6 Å². The van der Waals surface area contributed by atoms with Crippen LogP contribution >= 0.6 is 11.3 Å². The number of alkyl halides is 3. The molecule has 14 heavy (non-hydrogen) atoms. The fraction of sp³-hybridized carbons (Fsp3) is 0.556. The van der Waals surface area contributed by atoms with Crippen molar-refractivity contribution in [2.45, 2.75) is 25.6 Å². The van der Waals surface area contributed by atoms with Gasteiger partial charge in [-0.05, 0) is 24.4 Å². The highest BCUT2D eigenvalue weighted by atomic mass is 32.1. The lowest BCUT2D eigenvalue weighted by molar-refractivity contribution is -0.135. The van der Waals surface area contributed by atoms with Gasteiger partial charge in [0.15, 0.2) is 0 Å². The zero-order valence-corrected chi connectivity index (χ0v) is 8.42. The summed E-state index contributed by atoms with van der Waals surface area (Å²) < 4.78 is 35.2. The third-order valence-electron chi connectivity index (χ3n) is 1.69. The summed E-state index contributed by atoms with van der Waals surface area (Å²) >= 11 is 1.60. The van der Waals surface area contributed by atoms with Crippen molar-refractivity contribution in [2.24, 2.45) is 0 Å². The van der Waals surface area contributed by atoms with Gasteiger partial charge in [-0.3, -0.25) is 0 Å². The van der Waals surface area contributed by atoms with Gasteiger partial charge in [-0.1, -0.05) is 6.07 Å². The third kappa shape index (κ3) is 5.24. The van der Waals surface area contributed by atoms with Crippen molar-refractivity contribution in [1.82, 2.24) is 5.32 Å². The zero-order valence-electron chi connectivity index (χ0n) is 7.60. The van der Waals surface area contributed by atoms with Gasteiger partial charge in [0.25, 0.3) is 0 Å². The van der Waals surface area contributed by atoms with Crippen LogP contribution in [0.4, 0.5) is 13.2 Å². The topological polar surface area (TPSA) is 12.0 Å². The van der Waals surface area contributed by atoms with Crippen molar-refractivity contribution in [3.8, 4) is 0 Å². The first-order chi connectivity index (χ1) is 6.58. The number of rotatable bonds is 5. The highest BCUT2D eigenvalue weighted by Gasteiger charge is 2.25. The van der Waals surface area contributed by atoms with Gasteiger partial charge in [0.1, 0.15) is 0 Å². The molecule has 1 aromatic rings. The molecule has 0 atom stereocenters. The monoisotopic (exact) mass is 223 g/mol. The number of halogens is 3. The Morgan fingerprint density at radius 1 is 1.36 bits per heavy atom. The Morgan fingerprint density at radius 2 is 2.14 bits per heavy atom. The van der Waals surface area contributed by atoms with Crippen LogP contribution in [-0.2, 0) is 6.54 Å². The zero-order chi connectivity index (χ0) is 10.4. The summed E-state index contributed by atoms with van der Waals surface area (Å²) in [4.78, 5) is 1.15. The molecule has 0 aliphatic heterocycles. The molecule has 1 nitrogen and oxygen atoms in total. The van der Waals surface area contributed by atoms with Crippen LogP contribution in [0.1, 0.15) is 17.7 Å². The second-order valence-corrected chi connectivity index (χ2v) is 4.01. The molecule has 0 unspecified atom stereocenters. The number of nitrogens with one attached hydrogen (secondary N) is 1. The Kier molecular flexibility index (Phi) is 4.41. The lowest BCUT2D eigenvalue weighted by atomic mass is 10.3. The van der Waals surface area contributed by atoms with Gasteiger partial charge in [-0.15, -0.1) is 11.3 Å². The Balaban J connectivity index is 2.00. The van der Waals surface area contributed by atoms with Crippen molar-refractivity contribution in [2.75, 3.05) is 6.54 Å². The average molecular weight is 223 g/mol. The van der Waals surface area contributed by atoms with Crippen LogP contribution in [0, 0.1) is 0 Å². The van der Waals surface area contributed by atoms with E-state index in [9.17, 15) is 13.2 Å². The summed E-state index contributed by atoms with van der Waals surface area (Å²) in [6, 6.07) is 3.89. The van der Waals surface area contributed by atoms with Crippen LogP contribution in [0.2, 0.25) is 0 Å². The molecule has 0 bridgehead atoms. The minimum atomic E-state index is -4.02. The normalized spacial score (nSPS) is 11.9. The SMILES string of the molecule is FC(F)(F)CCCNCc1cccs1. The Hall–Kier alpha value is -0.550. The molecular weight excluding hydrogens is 211 g/mol. The average Bonchev–Trinajstić information content (AvgIpc) is 2.54. The van der Waals surface area contributed by atoms with Crippen LogP contribution in [0.25, 0.3) is 0 Å².